The van der Waals surface area contributed by atoms with Crippen molar-refractivity contribution in [3.63, 3.8) is 0 Å². The first-order valence-corrected chi connectivity index (χ1v) is 11.6. The Hall–Kier alpha value is -5.13. The van der Waals surface area contributed by atoms with Crippen LogP contribution in [0.3, 0.4) is 0 Å². The second-order valence-corrected chi connectivity index (χ2v) is 8.34. The highest BCUT2D eigenvalue weighted by Crippen LogP contribution is 2.29. The molecule has 3 aromatic carbocycles. The molecule has 0 bridgehead atoms. The molecule has 3 aromatic rings. The molecule has 5 amide bonds. The average molecular weight is 537 g/mol. The fraction of sp³-hybridized carbons (Fsp3) is 0.185. The molecule has 0 radical (unpaired) electrons. The lowest BCUT2D eigenvalue weighted by molar-refractivity contribution is -0.124. The van der Waals surface area contributed by atoms with Crippen LogP contribution in [0.5, 0.6) is 17.2 Å². The van der Waals surface area contributed by atoms with E-state index in [4.69, 9.17) is 14.2 Å². The number of hydrogen-bond acceptors (Lipinski definition) is 7. The topological polar surface area (TPSA) is 127 Å². The molecular formula is C27H25FN4O7. The largest absolute Gasteiger partial charge is 0.497 e. The van der Waals surface area contributed by atoms with Crippen molar-refractivity contribution in [3.05, 3.63) is 78.1 Å². The van der Waals surface area contributed by atoms with Gasteiger partial charge in [-0.25, -0.2) is 19.1 Å². The standard InChI is InChI=1S/C27H25FN4O7/c1-37-20-6-4-5-19(13-20)31-26(35)23(15-24(33)29-18-9-7-17(28)8-10-18)32(27(31)36)30-25(34)16-11-21(38-2)14-22(12-16)39-3/h4-14,23H,15H2,1-3H3,(H,29,33)(H,30,34)/t23-/m0/s1. The van der Waals surface area contributed by atoms with Gasteiger partial charge in [0.2, 0.25) is 5.91 Å². The van der Waals surface area contributed by atoms with Crippen LogP contribution >= 0.6 is 0 Å². The number of carbonyl (C=O) groups is 4. The van der Waals surface area contributed by atoms with Gasteiger partial charge in [-0.2, -0.15) is 0 Å². The number of hydrazine groups is 1. The van der Waals surface area contributed by atoms with Crippen molar-refractivity contribution in [3.8, 4) is 17.2 Å². The molecule has 0 saturated carbocycles. The Morgan fingerprint density at radius 3 is 2.13 bits per heavy atom. The summed E-state index contributed by atoms with van der Waals surface area (Å²) in [4.78, 5) is 53.8. The second-order valence-electron chi connectivity index (χ2n) is 8.34. The van der Waals surface area contributed by atoms with E-state index in [1.807, 2.05) is 0 Å². The van der Waals surface area contributed by atoms with E-state index >= 15 is 0 Å². The van der Waals surface area contributed by atoms with Gasteiger partial charge in [-0.1, -0.05) is 6.07 Å². The van der Waals surface area contributed by atoms with Crippen LogP contribution in [0.25, 0.3) is 0 Å². The van der Waals surface area contributed by atoms with Gasteiger partial charge in [-0.3, -0.25) is 19.8 Å². The fourth-order valence-corrected chi connectivity index (χ4v) is 3.92. The summed E-state index contributed by atoms with van der Waals surface area (Å²) in [6.45, 7) is 0. The van der Waals surface area contributed by atoms with Crippen LogP contribution in [-0.4, -0.2) is 56.1 Å². The Kier molecular flexibility index (Phi) is 7.94. The van der Waals surface area contributed by atoms with Gasteiger partial charge in [0.1, 0.15) is 29.1 Å². The third-order valence-electron chi connectivity index (χ3n) is 5.87. The van der Waals surface area contributed by atoms with E-state index in [9.17, 15) is 23.6 Å². The molecule has 0 spiro atoms. The van der Waals surface area contributed by atoms with Gasteiger partial charge in [0.25, 0.3) is 11.8 Å². The predicted octanol–water partition coefficient (Wildman–Crippen LogP) is 3.36. The molecule has 1 aliphatic heterocycles. The summed E-state index contributed by atoms with van der Waals surface area (Å²) in [6.07, 6.45) is -0.496. The van der Waals surface area contributed by atoms with Crippen molar-refractivity contribution in [2.75, 3.05) is 31.5 Å². The number of ether oxygens (including phenoxy) is 3. The number of urea groups is 1. The van der Waals surface area contributed by atoms with Crippen LogP contribution in [0.15, 0.2) is 66.7 Å². The minimum atomic E-state index is -1.39. The van der Waals surface area contributed by atoms with Gasteiger partial charge in [0.05, 0.1) is 33.4 Å². The van der Waals surface area contributed by atoms with Crippen LogP contribution in [0.2, 0.25) is 0 Å². The lowest BCUT2D eigenvalue weighted by Crippen LogP contribution is -2.49. The van der Waals surface area contributed by atoms with E-state index in [2.05, 4.69) is 10.7 Å². The summed E-state index contributed by atoms with van der Waals surface area (Å²) in [5.41, 5.74) is 3.01. The van der Waals surface area contributed by atoms with Crippen LogP contribution in [0.1, 0.15) is 16.8 Å². The predicted molar refractivity (Wildman–Crippen MR) is 138 cm³/mol. The van der Waals surface area contributed by atoms with E-state index in [0.717, 1.165) is 9.91 Å². The maximum absolute atomic E-state index is 13.5. The van der Waals surface area contributed by atoms with Crippen LogP contribution < -0.4 is 29.9 Å². The minimum Gasteiger partial charge on any atom is -0.497 e. The lowest BCUT2D eigenvalue weighted by atomic mass is 10.1. The third kappa shape index (κ3) is 5.90. The molecule has 12 heteroatoms. The highest BCUT2D eigenvalue weighted by molar-refractivity contribution is 6.22. The molecule has 202 valence electrons. The van der Waals surface area contributed by atoms with E-state index in [1.165, 1.54) is 69.9 Å². The van der Waals surface area contributed by atoms with Crippen LogP contribution in [0, 0.1) is 5.82 Å². The Morgan fingerprint density at radius 2 is 1.51 bits per heavy atom. The molecule has 11 nitrogen and oxygen atoms in total. The summed E-state index contributed by atoms with van der Waals surface area (Å²) < 4.78 is 28.8. The minimum absolute atomic E-state index is 0.0841. The number of anilines is 2. The Labute approximate surface area is 223 Å². The summed E-state index contributed by atoms with van der Waals surface area (Å²) >= 11 is 0. The number of hydrogen-bond donors (Lipinski definition) is 2. The molecule has 0 aliphatic carbocycles. The number of nitrogens with one attached hydrogen (secondary N) is 2. The number of halogens is 1. The fourth-order valence-electron chi connectivity index (χ4n) is 3.92. The summed E-state index contributed by atoms with van der Waals surface area (Å²) in [6, 6.07) is 13.4. The quantitative estimate of drug-likeness (QED) is 0.402. The molecule has 1 saturated heterocycles. The molecule has 1 aliphatic rings. The normalized spacial score (nSPS) is 14.7. The smallest absolute Gasteiger partial charge is 0.350 e. The average Bonchev–Trinajstić information content (AvgIpc) is 3.17. The zero-order valence-electron chi connectivity index (χ0n) is 21.3. The van der Waals surface area contributed by atoms with Gasteiger partial charge in [0, 0.05) is 23.4 Å². The van der Waals surface area contributed by atoms with Crippen molar-refractivity contribution in [2.45, 2.75) is 12.5 Å². The number of amides is 5. The van der Waals surface area contributed by atoms with Crippen LogP contribution in [0.4, 0.5) is 20.6 Å². The van der Waals surface area contributed by atoms with Gasteiger partial charge in [-0.15, -0.1) is 0 Å². The van der Waals surface area contributed by atoms with Crippen molar-refractivity contribution < 1.29 is 37.8 Å². The molecule has 0 aromatic heterocycles. The van der Waals surface area contributed by atoms with Crippen molar-refractivity contribution in [2.24, 2.45) is 0 Å². The Morgan fingerprint density at radius 1 is 0.872 bits per heavy atom. The van der Waals surface area contributed by atoms with Gasteiger partial charge < -0.3 is 19.5 Å². The number of methoxy groups -OCH3 is 3. The third-order valence-corrected chi connectivity index (χ3v) is 5.87. The van der Waals surface area contributed by atoms with E-state index in [1.54, 1.807) is 18.2 Å². The van der Waals surface area contributed by atoms with Gasteiger partial charge in [0.15, 0.2) is 0 Å². The number of rotatable bonds is 9. The molecule has 39 heavy (non-hydrogen) atoms. The maximum atomic E-state index is 13.5. The molecular weight excluding hydrogens is 511 g/mol. The molecule has 2 N–H and O–H groups in total. The molecule has 4 rings (SSSR count). The summed E-state index contributed by atoms with van der Waals surface area (Å²) in [5, 5.41) is 3.37. The van der Waals surface area contributed by atoms with E-state index in [0.29, 0.717) is 22.9 Å². The van der Waals surface area contributed by atoms with Crippen molar-refractivity contribution >= 4 is 35.1 Å². The molecule has 1 heterocycles. The molecule has 0 unspecified atom stereocenters. The number of nitrogens with zero attached hydrogens (tertiary/aromatic N) is 2. The van der Waals surface area contributed by atoms with Gasteiger partial charge in [-0.05, 0) is 48.5 Å². The lowest BCUT2D eigenvalue weighted by Gasteiger charge is -2.22. The first kappa shape index (κ1) is 26.9. The zero-order chi connectivity index (χ0) is 28.1. The van der Waals surface area contributed by atoms with E-state index in [-0.39, 0.29) is 11.3 Å². The summed E-state index contributed by atoms with van der Waals surface area (Å²) in [7, 11) is 4.27. The SMILES string of the molecule is COc1cc(OC)cc(C(=O)NN2C(=O)N(c3cccc(OC)c3)C(=O)[C@@H]2CC(=O)Nc2ccc(F)cc2)c1. The Bertz CT molecular complexity index is 1390. The van der Waals surface area contributed by atoms with E-state index < -0.39 is 42.0 Å². The zero-order valence-corrected chi connectivity index (χ0v) is 21.3. The number of imide groups is 1. The van der Waals surface area contributed by atoms with Crippen molar-refractivity contribution in [1.82, 2.24) is 10.4 Å². The van der Waals surface area contributed by atoms with Crippen molar-refractivity contribution in [1.29, 1.82) is 0 Å². The van der Waals surface area contributed by atoms with Crippen LogP contribution in [-0.2, 0) is 9.59 Å². The Balaban J connectivity index is 1.64. The highest BCUT2D eigenvalue weighted by atomic mass is 19.1. The first-order valence-electron chi connectivity index (χ1n) is 11.6. The molecule has 1 atom stereocenters. The summed E-state index contributed by atoms with van der Waals surface area (Å²) in [5.74, 6) is -1.56. The monoisotopic (exact) mass is 536 g/mol. The number of carbonyl (C=O) groups excluding carboxylic acids is 4. The first-order chi connectivity index (χ1) is 18.7. The molecule has 1 fully saturated rings. The second kappa shape index (κ2) is 11.5. The van der Waals surface area contributed by atoms with Gasteiger partial charge >= 0.3 is 6.03 Å². The highest BCUT2D eigenvalue weighted by Gasteiger charge is 2.48. The maximum Gasteiger partial charge on any atom is 0.350 e. The number of benzene rings is 3.